The molecule has 0 atom stereocenters. The first-order valence-corrected chi connectivity index (χ1v) is 9.24. The highest BCUT2D eigenvalue weighted by Gasteiger charge is 2.36. The lowest BCUT2D eigenvalue weighted by Crippen LogP contribution is -2.43. The average Bonchev–Trinajstić information content (AvgIpc) is 3.16. The number of nitrogens with one attached hydrogen (secondary N) is 1. The van der Waals surface area contributed by atoms with Gasteiger partial charge in [0.2, 0.25) is 5.91 Å². The molecule has 0 heterocycles. The third kappa shape index (κ3) is 4.01. The van der Waals surface area contributed by atoms with Gasteiger partial charge in [-0.1, -0.05) is 43.2 Å². The van der Waals surface area contributed by atoms with E-state index in [0.29, 0.717) is 12.8 Å². The first-order valence-electron chi connectivity index (χ1n) is 9.24. The Morgan fingerprint density at radius 2 is 1.69 bits per heavy atom. The normalized spacial score (nSPS) is 15.5. The first-order chi connectivity index (χ1) is 12.7. The van der Waals surface area contributed by atoms with Gasteiger partial charge in [0, 0.05) is 6.42 Å². The Kier molecular flexibility index (Phi) is 5.82. The molecule has 0 aliphatic heterocycles. The topological polar surface area (TPSA) is 47.6 Å². The van der Waals surface area contributed by atoms with Gasteiger partial charge in [0.05, 0.1) is 19.8 Å². The molecule has 1 aliphatic carbocycles. The van der Waals surface area contributed by atoms with E-state index in [1.807, 2.05) is 36.4 Å². The van der Waals surface area contributed by atoms with E-state index in [2.05, 4.69) is 17.4 Å². The van der Waals surface area contributed by atoms with Crippen molar-refractivity contribution in [2.45, 2.75) is 44.1 Å². The number of amides is 1. The second-order valence-electron chi connectivity index (χ2n) is 6.88. The Balaban J connectivity index is 1.68. The van der Waals surface area contributed by atoms with Gasteiger partial charge >= 0.3 is 0 Å². The number of methoxy groups -OCH3 is 2. The minimum absolute atomic E-state index is 0.0913. The number of rotatable bonds is 7. The largest absolute Gasteiger partial charge is 0.497 e. The van der Waals surface area contributed by atoms with Crippen molar-refractivity contribution >= 4 is 5.91 Å². The maximum absolute atomic E-state index is 12.7. The number of ether oxygens (including phenoxy) is 2. The molecule has 0 radical (unpaired) electrons. The van der Waals surface area contributed by atoms with E-state index >= 15 is 0 Å². The van der Waals surface area contributed by atoms with Gasteiger partial charge in [0.1, 0.15) is 11.5 Å². The number of aryl methyl sites for hydroxylation is 1. The van der Waals surface area contributed by atoms with Gasteiger partial charge in [0.15, 0.2) is 0 Å². The van der Waals surface area contributed by atoms with Crippen LogP contribution in [0.4, 0.5) is 0 Å². The molecular weight excluding hydrogens is 326 g/mol. The highest BCUT2D eigenvalue weighted by atomic mass is 16.5. The molecule has 2 aromatic carbocycles. The molecule has 1 N–H and O–H groups in total. The van der Waals surface area contributed by atoms with Crippen LogP contribution in [0.1, 0.15) is 43.2 Å². The van der Waals surface area contributed by atoms with Gasteiger partial charge < -0.3 is 14.8 Å². The van der Waals surface area contributed by atoms with E-state index in [1.54, 1.807) is 14.2 Å². The van der Waals surface area contributed by atoms with E-state index in [1.165, 1.54) is 5.56 Å². The molecule has 1 aliphatic rings. The van der Waals surface area contributed by atoms with Gasteiger partial charge in [-0.25, -0.2) is 0 Å². The first kappa shape index (κ1) is 18.3. The summed E-state index contributed by atoms with van der Waals surface area (Å²) in [5.74, 6) is 1.77. The van der Waals surface area contributed by atoms with E-state index in [9.17, 15) is 4.79 Å². The summed E-state index contributed by atoms with van der Waals surface area (Å²) in [5.41, 5.74) is 1.99. The van der Waals surface area contributed by atoms with Crippen LogP contribution in [0.2, 0.25) is 0 Å². The number of benzene rings is 2. The molecule has 0 spiro atoms. The summed E-state index contributed by atoms with van der Waals surface area (Å²) < 4.78 is 10.6. The van der Waals surface area contributed by atoms with Crippen molar-refractivity contribution in [3.05, 3.63) is 59.7 Å². The quantitative estimate of drug-likeness (QED) is 0.811. The lowest BCUT2D eigenvalue weighted by Gasteiger charge is -2.31. The summed E-state index contributed by atoms with van der Waals surface area (Å²) in [6.45, 7) is 0. The van der Waals surface area contributed by atoms with Crippen LogP contribution in [0.15, 0.2) is 48.5 Å². The highest BCUT2D eigenvalue weighted by Crippen LogP contribution is 2.39. The molecule has 1 saturated carbocycles. The van der Waals surface area contributed by atoms with Crippen LogP contribution in [0.25, 0.3) is 0 Å². The van der Waals surface area contributed by atoms with Crippen LogP contribution < -0.4 is 14.8 Å². The molecule has 0 aromatic heterocycles. The molecule has 0 bridgehead atoms. The maximum Gasteiger partial charge on any atom is 0.221 e. The van der Waals surface area contributed by atoms with E-state index in [4.69, 9.17) is 9.47 Å². The third-order valence-electron chi connectivity index (χ3n) is 5.29. The summed E-state index contributed by atoms with van der Waals surface area (Å²) >= 11 is 0. The lowest BCUT2D eigenvalue weighted by molar-refractivity contribution is -0.123. The summed E-state index contributed by atoms with van der Waals surface area (Å²) in [6, 6.07) is 16.0. The zero-order valence-corrected chi connectivity index (χ0v) is 15.6. The summed E-state index contributed by atoms with van der Waals surface area (Å²) in [6.07, 6.45) is 5.38. The summed E-state index contributed by atoms with van der Waals surface area (Å²) in [4.78, 5) is 12.7. The van der Waals surface area contributed by atoms with Crippen molar-refractivity contribution in [2.24, 2.45) is 0 Å². The molecule has 4 nitrogen and oxygen atoms in total. The van der Waals surface area contributed by atoms with Crippen molar-refractivity contribution in [3.8, 4) is 11.5 Å². The maximum atomic E-state index is 12.7. The Morgan fingerprint density at radius 3 is 2.35 bits per heavy atom. The lowest BCUT2D eigenvalue weighted by atomic mass is 9.87. The van der Waals surface area contributed by atoms with Gasteiger partial charge in [-0.05, 0) is 48.6 Å². The molecule has 2 aromatic rings. The zero-order chi connectivity index (χ0) is 18.4. The van der Waals surface area contributed by atoms with E-state index in [-0.39, 0.29) is 11.4 Å². The smallest absolute Gasteiger partial charge is 0.221 e. The molecule has 0 saturated heterocycles. The number of carbonyl (C=O) groups is 1. The van der Waals surface area contributed by atoms with Crippen LogP contribution in [0.3, 0.4) is 0 Å². The van der Waals surface area contributed by atoms with Gasteiger partial charge in [0.25, 0.3) is 0 Å². The highest BCUT2D eigenvalue weighted by molar-refractivity contribution is 5.77. The predicted octanol–water partition coefficient (Wildman–Crippen LogP) is 4.22. The molecule has 0 unspecified atom stereocenters. The van der Waals surface area contributed by atoms with Crippen molar-refractivity contribution in [2.75, 3.05) is 14.2 Å². The minimum Gasteiger partial charge on any atom is -0.497 e. The Labute approximate surface area is 155 Å². The number of para-hydroxylation sites is 1. The minimum atomic E-state index is -0.246. The molecule has 26 heavy (non-hydrogen) atoms. The van der Waals surface area contributed by atoms with E-state index in [0.717, 1.165) is 42.7 Å². The van der Waals surface area contributed by atoms with Crippen LogP contribution in [0, 0.1) is 0 Å². The molecular formula is C22H27NO3. The van der Waals surface area contributed by atoms with Crippen molar-refractivity contribution in [3.63, 3.8) is 0 Å². The Hall–Kier alpha value is -2.49. The van der Waals surface area contributed by atoms with Gasteiger partial charge in [-0.15, -0.1) is 0 Å². The van der Waals surface area contributed by atoms with Crippen molar-refractivity contribution < 1.29 is 14.3 Å². The van der Waals surface area contributed by atoms with Crippen LogP contribution in [-0.2, 0) is 16.8 Å². The second-order valence-corrected chi connectivity index (χ2v) is 6.88. The fourth-order valence-electron chi connectivity index (χ4n) is 3.86. The summed E-state index contributed by atoms with van der Waals surface area (Å²) in [5, 5.41) is 3.33. The number of hydrogen-bond acceptors (Lipinski definition) is 3. The molecule has 3 rings (SSSR count). The molecule has 4 heteroatoms. The molecule has 1 fully saturated rings. The fourth-order valence-corrected chi connectivity index (χ4v) is 3.86. The van der Waals surface area contributed by atoms with Gasteiger partial charge in [-0.3, -0.25) is 4.79 Å². The van der Waals surface area contributed by atoms with Gasteiger partial charge in [-0.2, -0.15) is 0 Å². The third-order valence-corrected chi connectivity index (χ3v) is 5.29. The Bertz CT molecular complexity index is 733. The Morgan fingerprint density at radius 1 is 1.00 bits per heavy atom. The van der Waals surface area contributed by atoms with Crippen LogP contribution >= 0.6 is 0 Å². The predicted molar refractivity (Wildman–Crippen MR) is 103 cm³/mol. The SMILES string of the molecule is COc1ccc(C2(NC(=O)CCc3ccccc3OC)CCCC2)cc1. The van der Waals surface area contributed by atoms with E-state index < -0.39 is 0 Å². The summed E-state index contributed by atoms with van der Waals surface area (Å²) in [7, 11) is 3.33. The van der Waals surface area contributed by atoms with Crippen LogP contribution in [-0.4, -0.2) is 20.1 Å². The van der Waals surface area contributed by atoms with Crippen molar-refractivity contribution in [1.29, 1.82) is 0 Å². The fraction of sp³-hybridized carbons (Fsp3) is 0.409. The van der Waals surface area contributed by atoms with Crippen molar-refractivity contribution in [1.82, 2.24) is 5.32 Å². The second kappa shape index (κ2) is 8.26. The molecule has 1 amide bonds. The van der Waals surface area contributed by atoms with Crippen LogP contribution in [0.5, 0.6) is 11.5 Å². The average molecular weight is 353 g/mol. The number of carbonyl (C=O) groups excluding carboxylic acids is 1. The number of hydrogen-bond donors (Lipinski definition) is 1. The molecule has 138 valence electrons. The standard InChI is InChI=1S/C22H27NO3/c1-25-19-12-10-18(11-13-19)22(15-5-6-16-22)23-21(24)14-9-17-7-3-4-8-20(17)26-2/h3-4,7-8,10-13H,5-6,9,14-16H2,1-2H3,(H,23,24). The monoisotopic (exact) mass is 353 g/mol. The zero-order valence-electron chi connectivity index (χ0n) is 15.6.